The van der Waals surface area contributed by atoms with Crippen LogP contribution in [0.15, 0.2) is 18.2 Å². The van der Waals surface area contributed by atoms with E-state index in [4.69, 9.17) is 10.5 Å². The summed E-state index contributed by atoms with van der Waals surface area (Å²) < 4.78 is 5.37. The first-order valence-electron chi connectivity index (χ1n) is 6.66. The lowest BCUT2D eigenvalue weighted by atomic mass is 10.1. The molecule has 0 unspecified atom stereocenters. The van der Waals surface area contributed by atoms with Crippen molar-refractivity contribution in [3.05, 3.63) is 29.5 Å². The number of nitrogens with two attached hydrogens (primary N) is 1. The number of nitrogens with zero attached hydrogens (tertiary/aromatic N) is 2. The molecule has 0 radical (unpaired) electrons. The number of aromatic nitrogens is 2. The van der Waals surface area contributed by atoms with Gasteiger partial charge >= 0.3 is 0 Å². The monoisotopic (exact) mass is 273 g/mol. The van der Waals surface area contributed by atoms with Gasteiger partial charge < -0.3 is 15.6 Å². The summed E-state index contributed by atoms with van der Waals surface area (Å²) in [5.74, 6) is 1.56. The number of benzene rings is 1. The molecule has 0 saturated heterocycles. The van der Waals surface area contributed by atoms with Crippen molar-refractivity contribution in [1.29, 1.82) is 0 Å². The van der Waals surface area contributed by atoms with Gasteiger partial charge in [0.15, 0.2) is 17.3 Å². The highest BCUT2D eigenvalue weighted by Crippen LogP contribution is 2.31. The highest BCUT2D eigenvalue weighted by molar-refractivity contribution is 5.63. The Balaban J connectivity index is 2.49. The average Bonchev–Trinajstić information content (AvgIpc) is 2.41. The summed E-state index contributed by atoms with van der Waals surface area (Å²) in [6.07, 6.45) is 0.803. The van der Waals surface area contributed by atoms with Gasteiger partial charge in [0.2, 0.25) is 0 Å². The molecule has 0 aliphatic rings. The van der Waals surface area contributed by atoms with E-state index in [0.717, 1.165) is 23.2 Å². The number of anilines is 1. The molecule has 0 spiro atoms. The summed E-state index contributed by atoms with van der Waals surface area (Å²) >= 11 is 0. The van der Waals surface area contributed by atoms with E-state index < -0.39 is 0 Å². The first-order chi connectivity index (χ1) is 9.56. The molecule has 0 saturated carbocycles. The third-order valence-electron chi connectivity index (χ3n) is 3.12. The van der Waals surface area contributed by atoms with E-state index in [0.29, 0.717) is 24.0 Å². The van der Waals surface area contributed by atoms with Gasteiger partial charge in [-0.25, -0.2) is 9.97 Å². The quantitative estimate of drug-likeness (QED) is 0.895. The minimum atomic E-state index is 0.102. The maximum absolute atomic E-state index is 9.71. The van der Waals surface area contributed by atoms with Gasteiger partial charge in [-0.05, 0) is 38.5 Å². The van der Waals surface area contributed by atoms with Crippen molar-refractivity contribution in [2.45, 2.75) is 27.2 Å². The Hall–Kier alpha value is -2.30. The molecule has 1 heterocycles. The molecule has 0 bridgehead atoms. The van der Waals surface area contributed by atoms with E-state index in [9.17, 15) is 5.11 Å². The first-order valence-corrected chi connectivity index (χ1v) is 6.66. The second-order valence-corrected chi connectivity index (χ2v) is 4.47. The first kappa shape index (κ1) is 14.1. The molecule has 2 aromatic rings. The Morgan fingerprint density at radius 3 is 2.60 bits per heavy atom. The van der Waals surface area contributed by atoms with E-state index in [1.54, 1.807) is 18.2 Å². The van der Waals surface area contributed by atoms with Crippen molar-refractivity contribution in [2.24, 2.45) is 0 Å². The number of nitrogen functional groups attached to an aromatic ring is 1. The second-order valence-electron chi connectivity index (χ2n) is 4.47. The number of aromatic hydroxyl groups is 1. The van der Waals surface area contributed by atoms with Crippen LogP contribution in [0.2, 0.25) is 0 Å². The van der Waals surface area contributed by atoms with Crippen LogP contribution in [0.1, 0.15) is 25.1 Å². The largest absolute Gasteiger partial charge is 0.504 e. The van der Waals surface area contributed by atoms with Crippen LogP contribution in [0.5, 0.6) is 11.5 Å². The Bertz CT molecular complexity index is 604. The van der Waals surface area contributed by atoms with Crippen LogP contribution >= 0.6 is 0 Å². The fourth-order valence-corrected chi connectivity index (χ4v) is 2.11. The van der Waals surface area contributed by atoms with Crippen molar-refractivity contribution in [2.75, 3.05) is 12.3 Å². The van der Waals surface area contributed by atoms with E-state index in [1.165, 1.54) is 0 Å². The predicted octanol–water partition coefficient (Wildman–Crippen LogP) is 2.70. The summed E-state index contributed by atoms with van der Waals surface area (Å²) in [5, 5.41) is 9.71. The summed E-state index contributed by atoms with van der Waals surface area (Å²) in [6.45, 7) is 6.29. The fraction of sp³-hybridized carbons (Fsp3) is 0.333. The molecule has 1 aromatic carbocycles. The Labute approximate surface area is 118 Å². The van der Waals surface area contributed by atoms with Crippen LogP contribution < -0.4 is 10.5 Å². The fourth-order valence-electron chi connectivity index (χ4n) is 2.11. The molecule has 2 rings (SSSR count). The van der Waals surface area contributed by atoms with Gasteiger partial charge in [0.1, 0.15) is 5.82 Å². The van der Waals surface area contributed by atoms with Gasteiger partial charge in [-0.15, -0.1) is 0 Å². The van der Waals surface area contributed by atoms with Gasteiger partial charge in [0, 0.05) is 16.8 Å². The zero-order valence-corrected chi connectivity index (χ0v) is 12.0. The average molecular weight is 273 g/mol. The zero-order chi connectivity index (χ0) is 14.7. The highest BCUT2D eigenvalue weighted by atomic mass is 16.5. The number of ether oxygens (including phenoxy) is 1. The van der Waals surface area contributed by atoms with Crippen molar-refractivity contribution in [3.63, 3.8) is 0 Å². The van der Waals surface area contributed by atoms with E-state index in [-0.39, 0.29) is 5.75 Å². The number of aryl methyl sites for hydroxylation is 1. The molecule has 0 aliphatic heterocycles. The van der Waals surface area contributed by atoms with Crippen LogP contribution in [-0.4, -0.2) is 21.7 Å². The van der Waals surface area contributed by atoms with Crippen LogP contribution in [0.25, 0.3) is 11.4 Å². The van der Waals surface area contributed by atoms with Gasteiger partial charge in [-0.3, -0.25) is 0 Å². The zero-order valence-electron chi connectivity index (χ0n) is 12.0. The molecule has 5 nitrogen and oxygen atoms in total. The summed E-state index contributed by atoms with van der Waals surface area (Å²) in [7, 11) is 0. The van der Waals surface area contributed by atoms with E-state index in [1.807, 2.05) is 20.8 Å². The molecule has 5 heteroatoms. The van der Waals surface area contributed by atoms with Gasteiger partial charge in [-0.2, -0.15) is 0 Å². The minimum Gasteiger partial charge on any atom is -0.504 e. The predicted molar refractivity (Wildman–Crippen MR) is 78.8 cm³/mol. The van der Waals surface area contributed by atoms with Gasteiger partial charge in [0.25, 0.3) is 0 Å². The lowest BCUT2D eigenvalue weighted by molar-refractivity contribution is 0.318. The van der Waals surface area contributed by atoms with Crippen LogP contribution in [-0.2, 0) is 6.42 Å². The number of phenols is 1. The Kier molecular flexibility index (Phi) is 4.08. The minimum absolute atomic E-state index is 0.102. The second kappa shape index (κ2) is 5.77. The normalized spacial score (nSPS) is 10.6. The summed E-state index contributed by atoms with van der Waals surface area (Å²) in [6, 6.07) is 5.04. The smallest absolute Gasteiger partial charge is 0.161 e. The number of phenolic OH excluding ortho intramolecular Hbond substituents is 1. The number of hydrogen-bond acceptors (Lipinski definition) is 5. The van der Waals surface area contributed by atoms with Crippen LogP contribution in [0.3, 0.4) is 0 Å². The molecular weight excluding hydrogens is 254 g/mol. The van der Waals surface area contributed by atoms with Crippen molar-refractivity contribution in [1.82, 2.24) is 9.97 Å². The third kappa shape index (κ3) is 2.66. The van der Waals surface area contributed by atoms with Crippen LogP contribution in [0.4, 0.5) is 5.82 Å². The maximum atomic E-state index is 9.71. The molecular formula is C15H19N3O2. The van der Waals surface area contributed by atoms with Gasteiger partial charge in [-0.1, -0.05) is 6.92 Å². The molecule has 1 aromatic heterocycles. The molecule has 3 N–H and O–H groups in total. The molecule has 0 amide bonds. The number of hydrogen-bond donors (Lipinski definition) is 2. The number of rotatable bonds is 4. The molecule has 106 valence electrons. The third-order valence-corrected chi connectivity index (χ3v) is 3.12. The Morgan fingerprint density at radius 1 is 1.25 bits per heavy atom. The molecule has 20 heavy (non-hydrogen) atoms. The lowest BCUT2D eigenvalue weighted by Gasteiger charge is -2.11. The Morgan fingerprint density at radius 2 is 2.00 bits per heavy atom. The maximum Gasteiger partial charge on any atom is 0.161 e. The molecule has 0 fully saturated rings. The SMILES string of the molecule is CCOc1cc(-c2nc(C)c(CC)c(N)n2)ccc1O. The van der Waals surface area contributed by atoms with Crippen molar-refractivity contribution in [3.8, 4) is 22.9 Å². The standard InChI is InChI=1S/C15H19N3O2/c1-4-11-9(3)17-15(18-14(11)16)10-6-7-12(19)13(8-10)20-5-2/h6-8,19H,4-5H2,1-3H3,(H2,16,17,18). The highest BCUT2D eigenvalue weighted by Gasteiger charge is 2.11. The molecule has 0 aliphatic carbocycles. The van der Waals surface area contributed by atoms with E-state index in [2.05, 4.69) is 9.97 Å². The van der Waals surface area contributed by atoms with Crippen molar-refractivity contribution < 1.29 is 9.84 Å². The summed E-state index contributed by atoms with van der Waals surface area (Å²) in [4.78, 5) is 8.81. The summed E-state index contributed by atoms with van der Waals surface area (Å²) in [5.41, 5.74) is 8.58. The van der Waals surface area contributed by atoms with Crippen LogP contribution in [0, 0.1) is 6.92 Å². The molecule has 0 atom stereocenters. The van der Waals surface area contributed by atoms with Crippen molar-refractivity contribution >= 4 is 5.82 Å². The topological polar surface area (TPSA) is 81.3 Å². The lowest BCUT2D eigenvalue weighted by Crippen LogP contribution is -2.04. The van der Waals surface area contributed by atoms with E-state index >= 15 is 0 Å². The van der Waals surface area contributed by atoms with Gasteiger partial charge in [0.05, 0.1) is 6.61 Å².